The lowest BCUT2D eigenvalue weighted by Gasteiger charge is -2.17. The largest absolute Gasteiger partial charge is 0.256 e. The number of hydrogen-bond donors (Lipinski definition) is 0. The molecule has 0 spiro atoms. The van der Waals surface area contributed by atoms with Gasteiger partial charge in [0, 0.05) is 6.21 Å². The zero-order chi connectivity index (χ0) is 17.9. The third-order valence-corrected chi connectivity index (χ3v) is 6.48. The summed E-state index contributed by atoms with van der Waals surface area (Å²) in [5.74, 6) is 0.952. The SMILES string of the molecule is CC(C)c1cccc(C(C)C)c1N=Cc1cccc([Si](C)(C)C)c1. The highest BCUT2D eigenvalue weighted by Crippen LogP contribution is 2.34. The Kier molecular flexibility index (Phi) is 5.82. The third-order valence-electron chi connectivity index (χ3n) is 4.44. The van der Waals surface area contributed by atoms with Gasteiger partial charge in [0.2, 0.25) is 0 Å². The first-order chi connectivity index (χ1) is 11.2. The van der Waals surface area contributed by atoms with Crippen molar-refractivity contribution in [1.29, 1.82) is 0 Å². The van der Waals surface area contributed by atoms with Gasteiger partial charge in [0.05, 0.1) is 13.8 Å². The predicted molar refractivity (Wildman–Crippen MR) is 111 cm³/mol. The molecule has 0 N–H and O–H groups in total. The molecule has 0 saturated carbocycles. The van der Waals surface area contributed by atoms with Gasteiger partial charge >= 0.3 is 0 Å². The molecular formula is C22H31NSi. The quantitative estimate of drug-likeness (QED) is 0.453. The summed E-state index contributed by atoms with van der Waals surface area (Å²) in [7, 11) is -1.29. The molecule has 0 aliphatic heterocycles. The summed E-state index contributed by atoms with van der Waals surface area (Å²) < 4.78 is 0. The van der Waals surface area contributed by atoms with Crippen LogP contribution in [0.15, 0.2) is 47.5 Å². The van der Waals surface area contributed by atoms with Crippen LogP contribution in [0, 0.1) is 0 Å². The van der Waals surface area contributed by atoms with Crippen molar-refractivity contribution in [3.05, 3.63) is 59.2 Å². The van der Waals surface area contributed by atoms with Crippen LogP contribution in [0.2, 0.25) is 19.6 Å². The Morgan fingerprint density at radius 3 is 1.88 bits per heavy atom. The molecule has 128 valence electrons. The summed E-state index contributed by atoms with van der Waals surface area (Å²) >= 11 is 0. The van der Waals surface area contributed by atoms with Gasteiger partial charge in [0.25, 0.3) is 0 Å². The average Bonchev–Trinajstić information content (AvgIpc) is 2.51. The lowest BCUT2D eigenvalue weighted by atomic mass is 9.93. The van der Waals surface area contributed by atoms with Gasteiger partial charge in [0.1, 0.15) is 0 Å². The highest BCUT2D eigenvalue weighted by Gasteiger charge is 2.16. The molecule has 2 rings (SSSR count). The van der Waals surface area contributed by atoms with Crippen LogP contribution in [-0.2, 0) is 0 Å². The van der Waals surface area contributed by atoms with Gasteiger partial charge in [-0.15, -0.1) is 0 Å². The topological polar surface area (TPSA) is 12.4 Å². The molecule has 0 bridgehead atoms. The van der Waals surface area contributed by atoms with Gasteiger partial charge in [-0.05, 0) is 28.5 Å². The number of hydrogen-bond acceptors (Lipinski definition) is 1. The molecule has 2 aromatic carbocycles. The second-order valence-electron chi connectivity index (χ2n) is 8.23. The Morgan fingerprint density at radius 2 is 1.38 bits per heavy atom. The van der Waals surface area contributed by atoms with Gasteiger partial charge in [-0.25, -0.2) is 0 Å². The smallest absolute Gasteiger partial charge is 0.0776 e. The van der Waals surface area contributed by atoms with E-state index in [2.05, 4.69) is 89.8 Å². The first-order valence-corrected chi connectivity index (χ1v) is 12.5. The summed E-state index contributed by atoms with van der Waals surface area (Å²) in [6.45, 7) is 16.1. The number of rotatable bonds is 5. The van der Waals surface area contributed by atoms with Gasteiger partial charge in [-0.1, -0.05) is 95.0 Å². The van der Waals surface area contributed by atoms with Crippen molar-refractivity contribution in [1.82, 2.24) is 0 Å². The van der Waals surface area contributed by atoms with Gasteiger partial charge < -0.3 is 0 Å². The third kappa shape index (κ3) is 4.45. The van der Waals surface area contributed by atoms with Crippen molar-refractivity contribution < 1.29 is 0 Å². The summed E-state index contributed by atoms with van der Waals surface area (Å²) in [4.78, 5) is 4.93. The highest BCUT2D eigenvalue weighted by molar-refractivity contribution is 6.88. The zero-order valence-corrected chi connectivity index (χ0v) is 17.2. The van der Waals surface area contributed by atoms with Crippen LogP contribution in [0.1, 0.15) is 56.2 Å². The molecule has 2 heteroatoms. The standard InChI is InChI=1S/C22H31NSi/c1-16(2)20-12-9-13-21(17(3)4)22(20)23-15-18-10-8-11-19(14-18)24(5,6)7/h8-17H,1-7H3. The molecule has 0 heterocycles. The van der Waals surface area contributed by atoms with Crippen LogP contribution in [0.25, 0.3) is 0 Å². The maximum atomic E-state index is 4.93. The first-order valence-electron chi connectivity index (χ1n) is 8.97. The van der Waals surface area contributed by atoms with E-state index < -0.39 is 8.07 Å². The normalized spacial score (nSPS) is 12.5. The van der Waals surface area contributed by atoms with Crippen LogP contribution >= 0.6 is 0 Å². The van der Waals surface area contributed by atoms with E-state index >= 15 is 0 Å². The van der Waals surface area contributed by atoms with Crippen LogP contribution in [0.4, 0.5) is 5.69 Å². The van der Waals surface area contributed by atoms with Crippen molar-refractivity contribution in [2.24, 2.45) is 4.99 Å². The Labute approximate surface area is 148 Å². The Morgan fingerprint density at radius 1 is 0.833 bits per heavy atom. The monoisotopic (exact) mass is 337 g/mol. The van der Waals surface area contributed by atoms with Crippen molar-refractivity contribution in [3.63, 3.8) is 0 Å². The average molecular weight is 338 g/mol. The van der Waals surface area contributed by atoms with Gasteiger partial charge in [-0.2, -0.15) is 0 Å². The fraction of sp³-hybridized carbons (Fsp3) is 0.409. The van der Waals surface area contributed by atoms with E-state index in [9.17, 15) is 0 Å². The Bertz CT molecular complexity index is 695. The van der Waals surface area contributed by atoms with Crippen LogP contribution in [0.5, 0.6) is 0 Å². The molecule has 0 atom stereocenters. The number of aliphatic imine (C=N–C) groups is 1. The summed E-state index contributed by atoms with van der Waals surface area (Å²) in [5.41, 5.74) is 5.02. The minimum Gasteiger partial charge on any atom is -0.256 e. The van der Waals surface area contributed by atoms with E-state index in [4.69, 9.17) is 4.99 Å². The summed E-state index contributed by atoms with van der Waals surface area (Å²) in [6.07, 6.45) is 2.04. The van der Waals surface area contributed by atoms with Gasteiger partial charge in [0.15, 0.2) is 0 Å². The predicted octanol–water partition coefficient (Wildman–Crippen LogP) is 6.23. The maximum absolute atomic E-state index is 4.93. The second-order valence-corrected chi connectivity index (χ2v) is 13.3. The lowest BCUT2D eigenvalue weighted by molar-refractivity contribution is 0.835. The molecule has 0 aliphatic rings. The zero-order valence-electron chi connectivity index (χ0n) is 16.2. The van der Waals surface area contributed by atoms with E-state index in [1.54, 1.807) is 0 Å². The second kappa shape index (κ2) is 7.48. The minimum absolute atomic E-state index is 0.476. The molecule has 0 fully saturated rings. The van der Waals surface area contributed by atoms with Crippen molar-refractivity contribution in [2.45, 2.75) is 59.2 Å². The Hall–Kier alpha value is -1.67. The molecule has 0 radical (unpaired) electrons. The molecule has 0 aliphatic carbocycles. The van der Waals surface area contributed by atoms with Crippen molar-refractivity contribution >= 4 is 25.2 Å². The molecule has 0 aromatic heterocycles. The Balaban J connectivity index is 2.46. The fourth-order valence-electron chi connectivity index (χ4n) is 2.89. The van der Waals surface area contributed by atoms with Crippen molar-refractivity contribution in [2.75, 3.05) is 0 Å². The summed E-state index contributed by atoms with van der Waals surface area (Å²) in [5, 5.41) is 1.48. The summed E-state index contributed by atoms with van der Waals surface area (Å²) in [6, 6.07) is 15.5. The molecule has 1 nitrogen and oxygen atoms in total. The van der Waals surface area contributed by atoms with Crippen LogP contribution in [-0.4, -0.2) is 14.3 Å². The molecule has 24 heavy (non-hydrogen) atoms. The van der Waals surface area contributed by atoms with E-state index in [0.717, 1.165) is 5.69 Å². The van der Waals surface area contributed by atoms with Crippen LogP contribution < -0.4 is 5.19 Å². The number of benzene rings is 2. The van der Waals surface area contributed by atoms with E-state index in [-0.39, 0.29) is 0 Å². The van der Waals surface area contributed by atoms with Crippen molar-refractivity contribution in [3.8, 4) is 0 Å². The number of nitrogens with zero attached hydrogens (tertiary/aromatic N) is 1. The van der Waals surface area contributed by atoms with Crippen LogP contribution in [0.3, 0.4) is 0 Å². The molecular weight excluding hydrogens is 306 g/mol. The first kappa shape index (κ1) is 18.7. The minimum atomic E-state index is -1.29. The highest BCUT2D eigenvalue weighted by atomic mass is 28.3. The molecule has 0 amide bonds. The molecule has 0 unspecified atom stereocenters. The molecule has 2 aromatic rings. The van der Waals surface area contributed by atoms with E-state index in [0.29, 0.717) is 11.8 Å². The van der Waals surface area contributed by atoms with E-state index in [1.165, 1.54) is 21.9 Å². The maximum Gasteiger partial charge on any atom is 0.0776 e. The van der Waals surface area contributed by atoms with E-state index in [1.807, 2.05) is 6.21 Å². The fourth-order valence-corrected chi connectivity index (χ4v) is 4.08. The van der Waals surface area contributed by atoms with Gasteiger partial charge in [-0.3, -0.25) is 4.99 Å². The number of para-hydroxylation sites is 1. The lowest BCUT2D eigenvalue weighted by Crippen LogP contribution is -2.37. The molecule has 0 saturated heterocycles.